The van der Waals surface area contributed by atoms with Crippen LogP contribution in [0.3, 0.4) is 0 Å². The van der Waals surface area contributed by atoms with E-state index in [2.05, 4.69) is 21.2 Å². The molecule has 7 heteroatoms. The zero-order valence-electron chi connectivity index (χ0n) is 16.8. The molecule has 0 saturated carbocycles. The summed E-state index contributed by atoms with van der Waals surface area (Å²) in [5.74, 6) is 6.61. The van der Waals surface area contributed by atoms with Gasteiger partial charge in [0, 0.05) is 40.7 Å². The number of benzene rings is 2. The first-order valence-electron chi connectivity index (χ1n) is 8.93. The highest BCUT2D eigenvalue weighted by molar-refractivity contribution is 7.93. The van der Waals surface area contributed by atoms with Gasteiger partial charge < -0.3 is 9.47 Å². The molecule has 0 radical (unpaired) electrons. The maximum Gasteiger partial charge on any atom is 0.286 e. The summed E-state index contributed by atoms with van der Waals surface area (Å²) in [6.45, 7) is 0. The first-order valence-corrected chi connectivity index (χ1v) is 10.9. The molecule has 0 fully saturated rings. The van der Waals surface area contributed by atoms with E-state index in [0.717, 1.165) is 0 Å². The van der Waals surface area contributed by atoms with E-state index in [9.17, 15) is 9.00 Å². The van der Waals surface area contributed by atoms with E-state index in [-0.39, 0.29) is 5.56 Å². The molecule has 2 aromatic carbocycles. The quantitative estimate of drug-likeness (QED) is 0.600. The fourth-order valence-electron chi connectivity index (χ4n) is 2.59. The number of carbonyl (C=O) groups excluding carboxylic acids is 1. The average molecular weight is 420 g/mol. The molecule has 1 aromatic heterocycles. The van der Waals surface area contributed by atoms with Gasteiger partial charge in [0.05, 0.1) is 29.5 Å². The van der Waals surface area contributed by atoms with Crippen LogP contribution in [0.4, 0.5) is 0 Å². The van der Waals surface area contributed by atoms with E-state index < -0.39 is 15.6 Å². The zero-order chi connectivity index (χ0) is 21.6. The summed E-state index contributed by atoms with van der Waals surface area (Å²) in [4.78, 5) is 17.1. The number of amides is 1. The number of hydrogen-bond acceptors (Lipinski definition) is 5. The Hall–Kier alpha value is -3.63. The summed E-state index contributed by atoms with van der Waals surface area (Å²) in [6, 6.07) is 15.6. The van der Waals surface area contributed by atoms with Gasteiger partial charge in [-0.05, 0) is 30.3 Å². The van der Waals surface area contributed by atoms with Crippen LogP contribution in [-0.4, -0.2) is 35.6 Å². The molecule has 0 aliphatic rings. The molecule has 0 saturated heterocycles. The number of aromatic nitrogens is 1. The van der Waals surface area contributed by atoms with E-state index in [0.29, 0.717) is 27.5 Å². The second-order valence-electron chi connectivity index (χ2n) is 6.33. The molecule has 0 aliphatic carbocycles. The minimum absolute atomic E-state index is 0.218. The van der Waals surface area contributed by atoms with Gasteiger partial charge in [-0.2, -0.15) is 4.36 Å². The number of carbonyl (C=O) groups is 1. The van der Waals surface area contributed by atoms with Crippen LogP contribution in [-0.2, 0) is 9.73 Å². The molecule has 30 heavy (non-hydrogen) atoms. The molecule has 3 rings (SSSR count). The van der Waals surface area contributed by atoms with Gasteiger partial charge in [0.1, 0.15) is 11.5 Å². The fourth-order valence-corrected chi connectivity index (χ4v) is 3.78. The molecule has 0 bridgehead atoms. The smallest absolute Gasteiger partial charge is 0.286 e. The third-order valence-electron chi connectivity index (χ3n) is 4.13. The molecule has 0 N–H and O–H groups in total. The first kappa shape index (κ1) is 21.1. The SMILES string of the molecule is COc1cc(C#Cc2cncc(C(=O)N=S(C)(=O)c3ccccc3)c2)cc(OC)c1. The molecule has 0 spiro atoms. The fraction of sp³-hybridized carbons (Fsp3) is 0.130. The Labute approximate surface area is 176 Å². The van der Waals surface area contributed by atoms with Gasteiger partial charge in [0.15, 0.2) is 0 Å². The predicted molar refractivity (Wildman–Crippen MR) is 115 cm³/mol. The van der Waals surface area contributed by atoms with E-state index in [1.807, 2.05) is 6.07 Å². The number of pyridine rings is 1. The van der Waals surface area contributed by atoms with Gasteiger partial charge in [0.2, 0.25) is 0 Å². The molecule has 1 unspecified atom stereocenters. The highest BCUT2D eigenvalue weighted by atomic mass is 32.2. The summed E-state index contributed by atoms with van der Waals surface area (Å²) < 4.78 is 27.2. The lowest BCUT2D eigenvalue weighted by Crippen LogP contribution is -2.04. The Bertz CT molecular complexity index is 1230. The zero-order valence-corrected chi connectivity index (χ0v) is 17.6. The number of nitrogens with zero attached hydrogens (tertiary/aromatic N) is 2. The van der Waals surface area contributed by atoms with Crippen molar-refractivity contribution in [3.05, 3.63) is 83.7 Å². The van der Waals surface area contributed by atoms with Gasteiger partial charge in [-0.15, -0.1) is 0 Å². The lowest BCUT2D eigenvalue weighted by molar-refractivity contribution is 0.100. The lowest BCUT2D eigenvalue weighted by atomic mass is 10.1. The summed E-state index contributed by atoms with van der Waals surface area (Å²) in [6.07, 6.45) is 4.36. The summed E-state index contributed by atoms with van der Waals surface area (Å²) in [7, 11) is 0.273. The van der Waals surface area contributed by atoms with Gasteiger partial charge in [-0.3, -0.25) is 9.78 Å². The predicted octanol–water partition coefficient (Wildman–Crippen LogP) is 3.80. The maximum atomic E-state index is 12.8. The Morgan fingerprint density at radius 3 is 2.20 bits per heavy atom. The van der Waals surface area contributed by atoms with Crippen molar-refractivity contribution in [2.45, 2.75) is 4.90 Å². The van der Waals surface area contributed by atoms with Gasteiger partial charge in [-0.25, -0.2) is 4.21 Å². The van der Waals surface area contributed by atoms with E-state index >= 15 is 0 Å². The first-order chi connectivity index (χ1) is 14.4. The highest BCUT2D eigenvalue weighted by Gasteiger charge is 2.11. The van der Waals surface area contributed by atoms with Crippen LogP contribution >= 0.6 is 0 Å². The van der Waals surface area contributed by atoms with Crippen molar-refractivity contribution in [1.29, 1.82) is 0 Å². The molecule has 3 aromatic rings. The van der Waals surface area contributed by atoms with Gasteiger partial charge >= 0.3 is 0 Å². The van der Waals surface area contributed by atoms with Crippen LogP contribution in [0.25, 0.3) is 0 Å². The van der Waals surface area contributed by atoms with Crippen LogP contribution in [0, 0.1) is 11.8 Å². The monoisotopic (exact) mass is 420 g/mol. The lowest BCUT2D eigenvalue weighted by Gasteiger charge is -2.04. The van der Waals surface area contributed by atoms with Crippen molar-refractivity contribution in [3.8, 4) is 23.3 Å². The van der Waals surface area contributed by atoms with E-state index in [1.165, 1.54) is 12.5 Å². The average Bonchev–Trinajstić information content (AvgIpc) is 2.78. The van der Waals surface area contributed by atoms with Crippen LogP contribution in [0.15, 0.2) is 76.2 Å². The van der Waals surface area contributed by atoms with Crippen LogP contribution < -0.4 is 9.47 Å². The van der Waals surface area contributed by atoms with Crippen LogP contribution in [0.5, 0.6) is 11.5 Å². The van der Waals surface area contributed by atoms with Crippen molar-refractivity contribution >= 4 is 15.6 Å². The molecular weight excluding hydrogens is 400 g/mol. The molecule has 152 valence electrons. The van der Waals surface area contributed by atoms with E-state index in [4.69, 9.17) is 9.47 Å². The van der Waals surface area contributed by atoms with Gasteiger partial charge in [0.25, 0.3) is 5.91 Å². The van der Waals surface area contributed by atoms with Crippen molar-refractivity contribution in [1.82, 2.24) is 4.98 Å². The van der Waals surface area contributed by atoms with Crippen LogP contribution in [0.1, 0.15) is 21.5 Å². The maximum absolute atomic E-state index is 12.8. The summed E-state index contributed by atoms with van der Waals surface area (Å²) in [5, 5.41) is 0. The van der Waals surface area contributed by atoms with Crippen molar-refractivity contribution < 1.29 is 18.5 Å². The second kappa shape index (κ2) is 9.25. The Balaban J connectivity index is 1.89. The molecule has 1 atom stereocenters. The standard InChI is InChI=1S/C23H20N2O4S/c1-28-20-12-17(13-21(14-20)29-2)9-10-18-11-19(16-24-15-18)23(26)25-30(3,27)22-7-5-4-6-8-22/h4-8,11-16H,1-3H3. The number of hydrogen-bond donors (Lipinski definition) is 0. The molecule has 0 aliphatic heterocycles. The molecule has 1 amide bonds. The summed E-state index contributed by atoms with van der Waals surface area (Å²) in [5.41, 5.74) is 1.43. The Kier molecular flexibility index (Phi) is 6.50. The van der Waals surface area contributed by atoms with Crippen LogP contribution in [0.2, 0.25) is 0 Å². The number of rotatable bonds is 4. The Morgan fingerprint density at radius 2 is 1.57 bits per heavy atom. The third kappa shape index (κ3) is 5.25. The third-order valence-corrected chi connectivity index (χ3v) is 5.79. The van der Waals surface area contributed by atoms with Crippen molar-refractivity contribution in [2.75, 3.05) is 20.5 Å². The molecule has 1 heterocycles. The number of ether oxygens (including phenoxy) is 2. The van der Waals surface area contributed by atoms with Crippen molar-refractivity contribution in [3.63, 3.8) is 0 Å². The number of methoxy groups -OCH3 is 2. The Morgan fingerprint density at radius 1 is 0.933 bits per heavy atom. The molecular formula is C23H20N2O4S. The highest BCUT2D eigenvalue weighted by Crippen LogP contribution is 2.22. The van der Waals surface area contributed by atoms with Gasteiger partial charge in [-0.1, -0.05) is 30.0 Å². The second-order valence-corrected chi connectivity index (χ2v) is 8.58. The van der Waals surface area contributed by atoms with E-state index in [1.54, 1.807) is 68.9 Å². The normalized spacial score (nSPS) is 12.1. The largest absolute Gasteiger partial charge is 0.497 e. The topological polar surface area (TPSA) is 77.9 Å². The minimum Gasteiger partial charge on any atom is -0.497 e. The van der Waals surface area contributed by atoms with Crippen molar-refractivity contribution in [2.24, 2.45) is 4.36 Å². The molecule has 6 nitrogen and oxygen atoms in total. The minimum atomic E-state index is -2.86. The summed E-state index contributed by atoms with van der Waals surface area (Å²) >= 11 is 0.